The van der Waals surface area contributed by atoms with Crippen LogP contribution in [0.1, 0.15) is 41.5 Å². The first-order valence-electron chi connectivity index (χ1n) is 9.87. The predicted octanol–water partition coefficient (Wildman–Crippen LogP) is 1.98. The van der Waals surface area contributed by atoms with Gasteiger partial charge in [-0.2, -0.15) is 4.31 Å². The number of amides is 2. The van der Waals surface area contributed by atoms with Crippen molar-refractivity contribution >= 4 is 22.0 Å². The number of piperazine rings is 1. The topological polar surface area (TPSA) is 125 Å². The number of carbonyl (C=O) groups is 2. The lowest BCUT2D eigenvalue weighted by Gasteiger charge is -2.39. The fraction of sp³-hybridized carbons (Fsp3) is 0.600. The van der Waals surface area contributed by atoms with Crippen molar-refractivity contribution in [2.24, 2.45) is 0 Å². The maximum absolute atomic E-state index is 13.2. The zero-order chi connectivity index (χ0) is 23.6. The maximum Gasteiger partial charge on any atom is 0.410 e. The summed E-state index contributed by atoms with van der Waals surface area (Å²) in [5.41, 5.74) is 0.301. The molecule has 1 aliphatic rings. The minimum Gasteiger partial charge on any atom is -0.488 e. The van der Waals surface area contributed by atoms with Crippen LogP contribution >= 0.6 is 0 Å². The first-order valence-corrected chi connectivity index (χ1v) is 11.3. The van der Waals surface area contributed by atoms with Crippen molar-refractivity contribution in [2.75, 3.05) is 19.6 Å². The Morgan fingerprint density at radius 2 is 1.61 bits per heavy atom. The lowest BCUT2D eigenvalue weighted by molar-refractivity contribution is -0.134. The van der Waals surface area contributed by atoms with E-state index in [-0.39, 0.29) is 24.5 Å². The molecule has 2 amide bonds. The molecule has 0 spiro atoms. The van der Waals surface area contributed by atoms with E-state index in [1.165, 1.54) is 34.6 Å². The summed E-state index contributed by atoms with van der Waals surface area (Å²) in [6.07, 6.45) is -0.663. The van der Waals surface area contributed by atoms with Crippen LogP contribution in [0.5, 0.6) is 5.75 Å². The molecule has 1 aliphatic heterocycles. The van der Waals surface area contributed by atoms with Crippen molar-refractivity contribution in [3.05, 3.63) is 24.3 Å². The van der Waals surface area contributed by atoms with Crippen molar-refractivity contribution in [3.8, 4) is 5.75 Å². The first-order chi connectivity index (χ1) is 14.1. The zero-order valence-corrected chi connectivity index (χ0v) is 19.5. The number of hydrogen-bond acceptors (Lipinski definition) is 7. The zero-order valence-electron chi connectivity index (χ0n) is 18.7. The number of carbonyl (C=O) groups excluding carboxylic acids is 2. The summed E-state index contributed by atoms with van der Waals surface area (Å²) >= 11 is 0. The molecule has 1 heterocycles. The lowest BCUT2D eigenvalue weighted by Crippen LogP contribution is -2.61. The van der Waals surface area contributed by atoms with E-state index in [0.717, 1.165) is 4.31 Å². The molecule has 31 heavy (non-hydrogen) atoms. The molecule has 174 valence electrons. The van der Waals surface area contributed by atoms with Crippen molar-refractivity contribution in [1.29, 1.82) is 0 Å². The van der Waals surface area contributed by atoms with E-state index >= 15 is 0 Å². The highest BCUT2D eigenvalue weighted by molar-refractivity contribution is 7.89. The van der Waals surface area contributed by atoms with Gasteiger partial charge in [0, 0.05) is 19.6 Å². The summed E-state index contributed by atoms with van der Waals surface area (Å²) in [6.45, 7) is 10.4. The Balaban J connectivity index is 2.26. The number of benzene rings is 1. The number of ether oxygens (including phenoxy) is 2. The maximum atomic E-state index is 13.2. The van der Waals surface area contributed by atoms with Gasteiger partial charge >= 0.3 is 6.09 Å². The highest BCUT2D eigenvalue weighted by Crippen LogP contribution is 2.26. The average molecular weight is 458 g/mol. The van der Waals surface area contributed by atoms with Crippen LogP contribution in [0, 0.1) is 0 Å². The van der Waals surface area contributed by atoms with Crippen molar-refractivity contribution in [2.45, 2.75) is 63.7 Å². The molecule has 10 nitrogen and oxygen atoms in total. The normalized spacial score (nSPS) is 18.4. The van der Waals surface area contributed by atoms with Gasteiger partial charge in [-0.15, -0.1) is 0 Å². The van der Waals surface area contributed by atoms with Crippen LogP contribution in [0.15, 0.2) is 29.2 Å². The van der Waals surface area contributed by atoms with E-state index in [1.807, 2.05) is 20.8 Å². The molecule has 0 saturated carbocycles. The second-order valence-corrected chi connectivity index (χ2v) is 11.1. The molecule has 0 unspecified atom stereocenters. The number of hydroxylamine groups is 1. The summed E-state index contributed by atoms with van der Waals surface area (Å²) in [6, 6.07) is 4.54. The summed E-state index contributed by atoms with van der Waals surface area (Å²) in [5.74, 6) is -0.435. The number of nitrogens with zero attached hydrogens (tertiary/aromatic N) is 2. The molecule has 1 saturated heterocycles. The minimum absolute atomic E-state index is 0.0322. The van der Waals surface area contributed by atoms with Crippen molar-refractivity contribution in [3.63, 3.8) is 0 Å². The third kappa shape index (κ3) is 6.55. The molecule has 2 rings (SSSR count). The lowest BCUT2D eigenvalue weighted by atomic mass is 10.2. The summed E-state index contributed by atoms with van der Waals surface area (Å²) in [5, 5.41) is 9.12. The Morgan fingerprint density at radius 3 is 2.10 bits per heavy atom. The summed E-state index contributed by atoms with van der Waals surface area (Å²) in [7, 11) is -4.08. The number of hydrogen-bond donors (Lipinski definition) is 2. The van der Waals surface area contributed by atoms with Gasteiger partial charge in [0.1, 0.15) is 23.0 Å². The Bertz CT molecular complexity index is 902. The fourth-order valence-corrected chi connectivity index (χ4v) is 4.57. The Labute approximate surface area is 183 Å². The van der Waals surface area contributed by atoms with Crippen LogP contribution in [-0.4, -0.2) is 71.7 Å². The van der Waals surface area contributed by atoms with Gasteiger partial charge in [-0.3, -0.25) is 10.0 Å². The van der Waals surface area contributed by atoms with Crippen LogP contribution in [0.4, 0.5) is 4.79 Å². The molecule has 1 aromatic rings. The van der Waals surface area contributed by atoms with Crippen molar-refractivity contribution < 1.29 is 32.7 Å². The Kier molecular flexibility index (Phi) is 7.24. The van der Waals surface area contributed by atoms with Gasteiger partial charge in [-0.25, -0.2) is 18.7 Å². The highest BCUT2D eigenvalue weighted by Gasteiger charge is 2.42. The van der Waals surface area contributed by atoms with E-state index in [1.54, 1.807) is 20.8 Å². The molecule has 1 atom stereocenters. The monoisotopic (exact) mass is 457 g/mol. The van der Waals surface area contributed by atoms with Crippen LogP contribution in [0.3, 0.4) is 0 Å². The molecule has 2 N–H and O–H groups in total. The van der Waals surface area contributed by atoms with E-state index in [0.29, 0.717) is 5.75 Å². The average Bonchev–Trinajstić information content (AvgIpc) is 2.64. The minimum atomic E-state index is -4.08. The number of rotatable bonds is 4. The van der Waals surface area contributed by atoms with E-state index in [9.17, 15) is 18.0 Å². The Morgan fingerprint density at radius 1 is 1.03 bits per heavy atom. The highest BCUT2D eigenvalue weighted by atomic mass is 32.2. The van der Waals surface area contributed by atoms with E-state index in [4.69, 9.17) is 14.7 Å². The van der Waals surface area contributed by atoms with Crippen LogP contribution in [0.2, 0.25) is 0 Å². The summed E-state index contributed by atoms with van der Waals surface area (Å²) in [4.78, 5) is 25.8. The fourth-order valence-electron chi connectivity index (χ4n) is 3.00. The largest absolute Gasteiger partial charge is 0.488 e. The van der Waals surface area contributed by atoms with Crippen LogP contribution in [0.25, 0.3) is 0 Å². The summed E-state index contributed by atoms with van der Waals surface area (Å²) < 4.78 is 38.4. The van der Waals surface area contributed by atoms with Gasteiger partial charge in [0.15, 0.2) is 0 Å². The first kappa shape index (κ1) is 24.9. The molecule has 0 aromatic heterocycles. The molecule has 1 aromatic carbocycles. The van der Waals surface area contributed by atoms with E-state index in [2.05, 4.69) is 0 Å². The van der Waals surface area contributed by atoms with Gasteiger partial charge in [-0.1, -0.05) is 0 Å². The predicted molar refractivity (Wildman–Crippen MR) is 112 cm³/mol. The second-order valence-electron chi connectivity index (χ2n) is 9.22. The van der Waals surface area contributed by atoms with Crippen LogP contribution in [-0.2, 0) is 19.6 Å². The third-order valence-electron chi connectivity index (χ3n) is 4.25. The van der Waals surface area contributed by atoms with E-state index < -0.39 is 39.3 Å². The number of nitrogens with one attached hydrogen (secondary N) is 1. The number of sulfonamides is 1. The molecule has 0 bridgehead atoms. The van der Waals surface area contributed by atoms with Gasteiger partial charge in [0.25, 0.3) is 5.91 Å². The Hall–Kier alpha value is -2.37. The van der Waals surface area contributed by atoms with Gasteiger partial charge < -0.3 is 14.4 Å². The van der Waals surface area contributed by atoms with Gasteiger partial charge in [0.05, 0.1) is 4.90 Å². The SMILES string of the molecule is CC(C)(C)OC(=O)N1CCN(S(=O)(=O)c2ccc(OC(C)(C)C)cc2)[C@@H](C(=O)NO)C1. The molecule has 1 fully saturated rings. The van der Waals surface area contributed by atoms with Gasteiger partial charge in [-0.05, 0) is 65.8 Å². The van der Waals surface area contributed by atoms with Crippen LogP contribution < -0.4 is 10.2 Å². The smallest absolute Gasteiger partial charge is 0.410 e. The second kappa shape index (κ2) is 9.01. The molecular formula is C20H31N3O7S. The van der Waals surface area contributed by atoms with Gasteiger partial charge in [0.2, 0.25) is 10.0 Å². The standard InChI is InChI=1S/C20H31N3O7S/c1-19(2,3)29-14-7-9-15(10-8-14)31(27,28)23-12-11-22(13-16(23)17(24)21-26)18(25)30-20(4,5)6/h7-10,16,26H,11-13H2,1-6H3,(H,21,24)/t16-/m1/s1. The molecular weight excluding hydrogens is 426 g/mol. The molecule has 0 aliphatic carbocycles. The molecule has 0 radical (unpaired) electrons. The molecule has 11 heteroatoms. The quantitative estimate of drug-likeness (QED) is 0.523. The van der Waals surface area contributed by atoms with Crippen molar-refractivity contribution in [1.82, 2.24) is 14.7 Å². The third-order valence-corrected chi connectivity index (χ3v) is 6.17.